The zero-order valence-corrected chi connectivity index (χ0v) is 12.0. The van der Waals surface area contributed by atoms with E-state index in [1.54, 1.807) is 13.1 Å². The maximum absolute atomic E-state index is 12.0. The number of nitrogens with zero attached hydrogens (tertiary/aromatic N) is 2. The number of ether oxygens (including phenoxy) is 1. The lowest BCUT2D eigenvalue weighted by atomic mass is 10.0. The van der Waals surface area contributed by atoms with Crippen LogP contribution in [0.1, 0.15) is 27.2 Å². The Bertz CT molecular complexity index is 579. The summed E-state index contributed by atoms with van der Waals surface area (Å²) in [5, 5.41) is 4.04. The van der Waals surface area contributed by atoms with E-state index in [2.05, 4.69) is 34.1 Å². The molecule has 2 aromatic heterocycles. The largest absolute Gasteiger partial charge is 0.464 e. The first-order chi connectivity index (χ1) is 9.61. The molecule has 2 N–H and O–H groups in total. The van der Waals surface area contributed by atoms with E-state index < -0.39 is 6.04 Å². The molecule has 0 fully saturated rings. The van der Waals surface area contributed by atoms with E-state index in [1.807, 2.05) is 6.07 Å². The third-order valence-corrected chi connectivity index (χ3v) is 2.94. The summed E-state index contributed by atoms with van der Waals surface area (Å²) in [6.45, 7) is 6.32. The van der Waals surface area contributed by atoms with Gasteiger partial charge in [-0.15, -0.1) is 0 Å². The minimum absolute atomic E-state index is 0.247. The summed E-state index contributed by atoms with van der Waals surface area (Å²) in [6.07, 6.45) is 3.96. The van der Waals surface area contributed by atoms with Crippen molar-refractivity contribution in [3.05, 3.63) is 18.6 Å². The highest BCUT2D eigenvalue weighted by molar-refractivity contribution is 5.89. The van der Waals surface area contributed by atoms with Crippen LogP contribution in [0.15, 0.2) is 18.6 Å². The van der Waals surface area contributed by atoms with Crippen molar-refractivity contribution in [1.29, 1.82) is 0 Å². The van der Waals surface area contributed by atoms with Crippen molar-refractivity contribution in [2.45, 2.75) is 33.2 Å². The Morgan fingerprint density at radius 2 is 2.25 bits per heavy atom. The van der Waals surface area contributed by atoms with Gasteiger partial charge in [-0.1, -0.05) is 13.8 Å². The van der Waals surface area contributed by atoms with Gasteiger partial charge < -0.3 is 15.0 Å². The highest BCUT2D eigenvalue weighted by Crippen LogP contribution is 2.20. The number of hydrogen-bond donors (Lipinski definition) is 2. The Kier molecular flexibility index (Phi) is 4.55. The number of nitrogens with one attached hydrogen (secondary N) is 2. The molecule has 1 atom stereocenters. The molecule has 2 heterocycles. The molecular weight excluding hydrogens is 256 g/mol. The first-order valence-electron chi connectivity index (χ1n) is 6.83. The molecular formula is C14H20N4O2. The smallest absolute Gasteiger partial charge is 0.328 e. The van der Waals surface area contributed by atoms with Gasteiger partial charge in [-0.2, -0.15) is 0 Å². The Morgan fingerprint density at radius 3 is 2.95 bits per heavy atom. The summed E-state index contributed by atoms with van der Waals surface area (Å²) in [6, 6.07) is 1.48. The van der Waals surface area contributed by atoms with Gasteiger partial charge >= 0.3 is 5.97 Å². The van der Waals surface area contributed by atoms with Crippen LogP contribution in [0.3, 0.4) is 0 Å². The van der Waals surface area contributed by atoms with Crippen LogP contribution >= 0.6 is 0 Å². The summed E-state index contributed by atoms with van der Waals surface area (Å²) in [5.74, 6) is 0.777. The lowest BCUT2D eigenvalue weighted by Gasteiger charge is -2.19. The lowest BCUT2D eigenvalue weighted by Crippen LogP contribution is -2.33. The number of carbonyl (C=O) groups is 1. The molecule has 0 unspecified atom stereocenters. The van der Waals surface area contributed by atoms with E-state index in [1.165, 1.54) is 6.33 Å². The summed E-state index contributed by atoms with van der Waals surface area (Å²) >= 11 is 0. The van der Waals surface area contributed by atoms with Crippen LogP contribution < -0.4 is 5.32 Å². The molecule has 0 saturated heterocycles. The second-order valence-electron chi connectivity index (χ2n) is 5.04. The molecule has 0 bridgehead atoms. The highest BCUT2D eigenvalue weighted by Gasteiger charge is 2.22. The first-order valence-corrected chi connectivity index (χ1v) is 6.83. The Morgan fingerprint density at radius 1 is 1.45 bits per heavy atom. The second kappa shape index (κ2) is 6.36. The summed E-state index contributed by atoms with van der Waals surface area (Å²) < 4.78 is 5.12. The number of fused-ring (bicyclic) bond motifs is 1. The summed E-state index contributed by atoms with van der Waals surface area (Å²) in [7, 11) is 0. The molecule has 0 aromatic carbocycles. The van der Waals surface area contributed by atoms with Crippen molar-refractivity contribution in [2.75, 3.05) is 11.9 Å². The predicted molar refractivity (Wildman–Crippen MR) is 77.4 cm³/mol. The molecule has 2 aromatic rings. The highest BCUT2D eigenvalue weighted by atomic mass is 16.5. The second-order valence-corrected chi connectivity index (χ2v) is 5.04. The number of aromatic amines is 1. The van der Waals surface area contributed by atoms with Crippen LogP contribution in [0.25, 0.3) is 11.0 Å². The summed E-state index contributed by atoms with van der Waals surface area (Å²) in [4.78, 5) is 23.4. The van der Waals surface area contributed by atoms with Gasteiger partial charge in [0.05, 0.1) is 12.0 Å². The van der Waals surface area contributed by atoms with E-state index in [0.29, 0.717) is 24.8 Å². The Labute approximate surface area is 118 Å². The number of aromatic nitrogens is 3. The summed E-state index contributed by atoms with van der Waals surface area (Å²) in [5.41, 5.74) is 0.745. The van der Waals surface area contributed by atoms with Gasteiger partial charge in [0.1, 0.15) is 23.8 Å². The molecule has 0 amide bonds. The Hall–Kier alpha value is -2.11. The van der Waals surface area contributed by atoms with Gasteiger partial charge in [-0.05, 0) is 25.3 Å². The van der Waals surface area contributed by atoms with Gasteiger partial charge in [-0.3, -0.25) is 0 Å². The molecule has 0 radical (unpaired) electrons. The van der Waals surface area contributed by atoms with Gasteiger partial charge in [0.15, 0.2) is 0 Å². The lowest BCUT2D eigenvalue weighted by molar-refractivity contribution is -0.144. The maximum Gasteiger partial charge on any atom is 0.328 e. The zero-order chi connectivity index (χ0) is 14.5. The fraction of sp³-hybridized carbons (Fsp3) is 0.500. The van der Waals surface area contributed by atoms with Crippen molar-refractivity contribution < 1.29 is 9.53 Å². The molecule has 0 saturated carbocycles. The number of hydrogen-bond acceptors (Lipinski definition) is 5. The number of anilines is 1. The van der Waals surface area contributed by atoms with Crippen molar-refractivity contribution in [3.63, 3.8) is 0 Å². The average Bonchev–Trinajstić information content (AvgIpc) is 2.87. The molecule has 0 spiro atoms. The first kappa shape index (κ1) is 14.3. The average molecular weight is 276 g/mol. The third kappa shape index (κ3) is 3.26. The van der Waals surface area contributed by atoms with Crippen LogP contribution in [-0.2, 0) is 9.53 Å². The number of H-pyrrole nitrogens is 1. The van der Waals surface area contributed by atoms with E-state index in [4.69, 9.17) is 4.74 Å². The number of esters is 1. The monoisotopic (exact) mass is 276 g/mol. The fourth-order valence-electron chi connectivity index (χ4n) is 2.08. The SMILES string of the molecule is CCOC(=O)[C@H](CC(C)C)Nc1ncnc2[nH]ccc12. The topological polar surface area (TPSA) is 79.9 Å². The van der Waals surface area contributed by atoms with Crippen LogP contribution in [0.4, 0.5) is 5.82 Å². The maximum atomic E-state index is 12.0. The normalized spacial score (nSPS) is 12.6. The molecule has 0 aliphatic carbocycles. The molecule has 6 nitrogen and oxygen atoms in total. The fourth-order valence-corrected chi connectivity index (χ4v) is 2.08. The van der Waals surface area contributed by atoms with Gasteiger partial charge in [-0.25, -0.2) is 14.8 Å². The van der Waals surface area contributed by atoms with Gasteiger partial charge in [0, 0.05) is 6.20 Å². The molecule has 20 heavy (non-hydrogen) atoms. The molecule has 6 heteroatoms. The number of carbonyl (C=O) groups excluding carboxylic acids is 1. The molecule has 2 rings (SSSR count). The van der Waals surface area contributed by atoms with Crippen molar-refractivity contribution in [1.82, 2.24) is 15.0 Å². The van der Waals surface area contributed by atoms with Crippen molar-refractivity contribution in [2.24, 2.45) is 5.92 Å². The van der Waals surface area contributed by atoms with Crippen molar-refractivity contribution >= 4 is 22.8 Å². The van der Waals surface area contributed by atoms with E-state index >= 15 is 0 Å². The van der Waals surface area contributed by atoms with E-state index in [-0.39, 0.29) is 5.97 Å². The van der Waals surface area contributed by atoms with Crippen LogP contribution in [0, 0.1) is 5.92 Å². The van der Waals surface area contributed by atoms with Crippen LogP contribution in [0.2, 0.25) is 0 Å². The predicted octanol–water partition coefficient (Wildman–Crippen LogP) is 2.35. The number of rotatable bonds is 6. The van der Waals surface area contributed by atoms with E-state index in [9.17, 15) is 4.79 Å². The Balaban J connectivity index is 2.22. The quantitative estimate of drug-likeness (QED) is 0.792. The molecule has 108 valence electrons. The van der Waals surface area contributed by atoms with Crippen molar-refractivity contribution in [3.8, 4) is 0 Å². The third-order valence-electron chi connectivity index (χ3n) is 2.94. The minimum atomic E-state index is -0.400. The molecule has 0 aliphatic heterocycles. The standard InChI is InChI=1S/C14H20N4O2/c1-4-20-14(19)11(7-9(2)3)18-13-10-5-6-15-12(10)16-8-17-13/h5-6,8-9,11H,4,7H2,1-3H3,(H2,15,16,17,18)/t11-/m0/s1. The van der Waals surface area contributed by atoms with Gasteiger partial charge in [0.2, 0.25) is 0 Å². The van der Waals surface area contributed by atoms with Crippen LogP contribution in [0.5, 0.6) is 0 Å². The van der Waals surface area contributed by atoms with Gasteiger partial charge in [0.25, 0.3) is 0 Å². The minimum Gasteiger partial charge on any atom is -0.464 e. The molecule has 0 aliphatic rings. The van der Waals surface area contributed by atoms with E-state index in [0.717, 1.165) is 11.0 Å². The van der Waals surface area contributed by atoms with Crippen LogP contribution in [-0.4, -0.2) is 33.6 Å². The zero-order valence-electron chi connectivity index (χ0n) is 12.0.